The van der Waals surface area contributed by atoms with Gasteiger partial charge in [-0.2, -0.15) is 0 Å². The Morgan fingerprint density at radius 3 is 2.47 bits per heavy atom. The minimum Gasteiger partial charge on any atom is -0.490 e. The van der Waals surface area contributed by atoms with E-state index in [0.29, 0.717) is 32.4 Å². The number of benzene rings is 1. The molecule has 0 unspecified atom stereocenters. The highest BCUT2D eigenvalue weighted by Gasteiger charge is 2.35. The normalized spacial score (nSPS) is 21.9. The molecule has 0 aliphatic carbocycles. The molecule has 2 fully saturated rings. The lowest BCUT2D eigenvalue weighted by Crippen LogP contribution is -2.51. The van der Waals surface area contributed by atoms with Crippen LogP contribution in [0.15, 0.2) is 54.9 Å². The number of nitrogens with zero attached hydrogens (tertiary/aromatic N) is 4. The van der Waals surface area contributed by atoms with E-state index in [1.54, 1.807) is 12.4 Å². The second-order valence-corrected chi connectivity index (χ2v) is 8.78. The lowest BCUT2D eigenvalue weighted by Gasteiger charge is -2.40. The van der Waals surface area contributed by atoms with E-state index in [2.05, 4.69) is 16.9 Å². The molecule has 0 saturated carbocycles. The third-order valence-corrected chi connectivity index (χ3v) is 6.42. The lowest BCUT2D eigenvalue weighted by molar-refractivity contribution is -0.139. The Bertz CT molecular complexity index is 885. The average Bonchev–Trinajstić information content (AvgIpc) is 2.82. The van der Waals surface area contributed by atoms with Crippen molar-refractivity contribution < 1.29 is 14.3 Å². The molecule has 0 N–H and O–H groups in total. The van der Waals surface area contributed by atoms with Crippen LogP contribution in [0.2, 0.25) is 0 Å². The van der Waals surface area contributed by atoms with Crippen molar-refractivity contribution in [2.24, 2.45) is 5.92 Å². The van der Waals surface area contributed by atoms with Gasteiger partial charge in [0.15, 0.2) is 0 Å². The van der Waals surface area contributed by atoms with Gasteiger partial charge in [-0.25, -0.2) is 0 Å². The zero-order valence-corrected chi connectivity index (χ0v) is 18.7. The zero-order valence-electron chi connectivity index (χ0n) is 18.7. The van der Waals surface area contributed by atoms with E-state index in [1.165, 1.54) is 0 Å². The number of para-hydroxylation sites is 1. The van der Waals surface area contributed by atoms with Gasteiger partial charge in [0.25, 0.3) is 0 Å². The molecule has 4 rings (SSSR count). The van der Waals surface area contributed by atoms with Crippen molar-refractivity contribution in [2.75, 3.05) is 46.3 Å². The summed E-state index contributed by atoms with van der Waals surface area (Å²) < 4.78 is 6.29. The summed E-state index contributed by atoms with van der Waals surface area (Å²) in [4.78, 5) is 36.2. The maximum Gasteiger partial charge on any atom is 0.227 e. The standard InChI is InChI=1S/C25H32N4O3/c1-27-12-14-28(15-13-27)25(31)17-21-19-29(24(30)16-20-6-5-10-26-18-20)11-9-23(21)32-22-7-3-2-4-8-22/h2-8,10,18,21,23H,9,11-17,19H2,1H3/t21-,23-/m0/s1. The topological polar surface area (TPSA) is 66.0 Å². The first-order valence-corrected chi connectivity index (χ1v) is 11.4. The molecule has 0 bridgehead atoms. The van der Waals surface area contributed by atoms with Crippen LogP contribution in [0.5, 0.6) is 5.75 Å². The number of likely N-dealkylation sites (N-methyl/N-ethyl adjacent to an activating group) is 1. The van der Waals surface area contributed by atoms with Crippen LogP contribution in [-0.4, -0.2) is 83.9 Å². The summed E-state index contributed by atoms with van der Waals surface area (Å²) in [5.41, 5.74) is 0.908. The predicted octanol–water partition coefficient (Wildman–Crippen LogP) is 2.08. The van der Waals surface area contributed by atoms with Crippen LogP contribution in [0.25, 0.3) is 0 Å². The molecule has 2 aliphatic heterocycles. The molecule has 7 heteroatoms. The molecule has 2 aliphatic rings. The van der Waals surface area contributed by atoms with Crippen molar-refractivity contribution >= 4 is 11.8 Å². The van der Waals surface area contributed by atoms with E-state index in [0.717, 1.165) is 37.5 Å². The fraction of sp³-hybridized carbons (Fsp3) is 0.480. The number of hydrogen-bond donors (Lipinski definition) is 0. The van der Waals surface area contributed by atoms with Gasteiger partial charge in [-0.3, -0.25) is 14.6 Å². The van der Waals surface area contributed by atoms with Gasteiger partial charge in [0.1, 0.15) is 11.9 Å². The van der Waals surface area contributed by atoms with Crippen molar-refractivity contribution in [2.45, 2.75) is 25.4 Å². The van der Waals surface area contributed by atoms with E-state index in [1.807, 2.05) is 52.3 Å². The molecule has 2 aromatic rings. The zero-order chi connectivity index (χ0) is 22.3. The summed E-state index contributed by atoms with van der Waals surface area (Å²) in [6.45, 7) is 4.49. The highest BCUT2D eigenvalue weighted by Crippen LogP contribution is 2.27. The Kier molecular flexibility index (Phi) is 7.37. The minimum absolute atomic E-state index is 0.0334. The van der Waals surface area contributed by atoms with Gasteiger partial charge in [0.05, 0.1) is 6.42 Å². The Labute approximate surface area is 190 Å². The number of piperazine rings is 1. The number of carbonyl (C=O) groups excluding carboxylic acids is 2. The van der Waals surface area contributed by atoms with Gasteiger partial charge >= 0.3 is 0 Å². The van der Waals surface area contributed by atoms with Gasteiger partial charge in [-0.15, -0.1) is 0 Å². The molecule has 2 saturated heterocycles. The van der Waals surface area contributed by atoms with Crippen molar-refractivity contribution in [3.05, 3.63) is 60.4 Å². The maximum atomic E-state index is 13.1. The average molecular weight is 437 g/mol. The van der Waals surface area contributed by atoms with E-state index in [-0.39, 0.29) is 23.8 Å². The molecule has 3 heterocycles. The molecule has 170 valence electrons. The van der Waals surface area contributed by atoms with Crippen LogP contribution in [0.4, 0.5) is 0 Å². The van der Waals surface area contributed by atoms with Crippen molar-refractivity contribution in [1.29, 1.82) is 0 Å². The SMILES string of the molecule is CN1CCN(C(=O)C[C@H]2CN(C(=O)Cc3cccnc3)CC[C@@H]2Oc2ccccc2)CC1. The molecule has 1 aromatic heterocycles. The minimum atomic E-state index is -0.0868. The summed E-state index contributed by atoms with van der Waals surface area (Å²) in [7, 11) is 2.08. The Morgan fingerprint density at radius 1 is 0.969 bits per heavy atom. The van der Waals surface area contributed by atoms with E-state index < -0.39 is 0 Å². The molecule has 2 amide bonds. The quantitative estimate of drug-likeness (QED) is 0.694. The van der Waals surface area contributed by atoms with Crippen LogP contribution >= 0.6 is 0 Å². The number of ether oxygens (including phenoxy) is 1. The van der Waals surface area contributed by atoms with Gasteiger partial charge < -0.3 is 19.4 Å². The van der Waals surface area contributed by atoms with Crippen LogP contribution < -0.4 is 4.74 Å². The summed E-state index contributed by atoms with van der Waals surface area (Å²) in [5, 5.41) is 0. The van der Waals surface area contributed by atoms with Gasteiger partial charge in [0, 0.05) is 70.4 Å². The van der Waals surface area contributed by atoms with Crippen molar-refractivity contribution in [1.82, 2.24) is 19.7 Å². The second kappa shape index (κ2) is 10.6. The van der Waals surface area contributed by atoms with Crippen LogP contribution in [0, 0.1) is 5.92 Å². The van der Waals surface area contributed by atoms with Gasteiger partial charge in [-0.1, -0.05) is 24.3 Å². The number of hydrogen-bond acceptors (Lipinski definition) is 5. The van der Waals surface area contributed by atoms with E-state index in [9.17, 15) is 9.59 Å². The van der Waals surface area contributed by atoms with Crippen molar-refractivity contribution in [3.63, 3.8) is 0 Å². The number of aromatic nitrogens is 1. The number of carbonyl (C=O) groups is 2. The van der Waals surface area contributed by atoms with Gasteiger partial charge in [-0.05, 0) is 30.8 Å². The first-order valence-electron chi connectivity index (χ1n) is 11.4. The van der Waals surface area contributed by atoms with Crippen molar-refractivity contribution in [3.8, 4) is 5.75 Å². The molecule has 0 spiro atoms. The third-order valence-electron chi connectivity index (χ3n) is 6.42. The Hall–Kier alpha value is -2.93. The maximum absolute atomic E-state index is 13.1. The number of rotatable bonds is 6. The van der Waals surface area contributed by atoms with E-state index in [4.69, 9.17) is 4.74 Å². The molecule has 32 heavy (non-hydrogen) atoms. The number of piperidine rings is 1. The largest absolute Gasteiger partial charge is 0.490 e. The highest BCUT2D eigenvalue weighted by molar-refractivity contribution is 5.79. The lowest BCUT2D eigenvalue weighted by atomic mass is 9.90. The van der Waals surface area contributed by atoms with Crippen LogP contribution in [0.1, 0.15) is 18.4 Å². The molecule has 0 radical (unpaired) electrons. The first-order chi connectivity index (χ1) is 15.6. The molecule has 7 nitrogen and oxygen atoms in total. The highest BCUT2D eigenvalue weighted by atomic mass is 16.5. The number of amides is 2. The first kappa shape index (κ1) is 22.3. The predicted molar refractivity (Wildman–Crippen MR) is 122 cm³/mol. The summed E-state index contributed by atoms with van der Waals surface area (Å²) in [5.74, 6) is 1.01. The Balaban J connectivity index is 1.43. The monoisotopic (exact) mass is 436 g/mol. The Morgan fingerprint density at radius 2 is 1.75 bits per heavy atom. The van der Waals surface area contributed by atoms with Gasteiger partial charge in [0.2, 0.25) is 11.8 Å². The number of likely N-dealkylation sites (tertiary alicyclic amines) is 1. The van der Waals surface area contributed by atoms with Crippen LogP contribution in [0.3, 0.4) is 0 Å². The summed E-state index contributed by atoms with van der Waals surface area (Å²) in [6.07, 6.45) is 4.80. The smallest absolute Gasteiger partial charge is 0.227 e. The molecule has 2 atom stereocenters. The third kappa shape index (κ3) is 5.85. The molecule has 1 aromatic carbocycles. The fourth-order valence-corrected chi connectivity index (χ4v) is 4.46. The van der Waals surface area contributed by atoms with Crippen LogP contribution in [-0.2, 0) is 16.0 Å². The second-order valence-electron chi connectivity index (χ2n) is 8.78. The number of pyridine rings is 1. The summed E-state index contributed by atoms with van der Waals surface area (Å²) in [6, 6.07) is 13.5. The fourth-order valence-electron chi connectivity index (χ4n) is 4.46. The van der Waals surface area contributed by atoms with E-state index >= 15 is 0 Å². The summed E-state index contributed by atoms with van der Waals surface area (Å²) >= 11 is 0. The molecular formula is C25H32N4O3. The molecular weight excluding hydrogens is 404 g/mol.